The molecule has 0 spiro atoms. The number of aromatic nitrogens is 2. The van der Waals surface area contributed by atoms with E-state index in [0.29, 0.717) is 21.6 Å². The van der Waals surface area contributed by atoms with Crippen LogP contribution in [0.3, 0.4) is 0 Å². The van der Waals surface area contributed by atoms with Crippen molar-refractivity contribution in [1.82, 2.24) is 9.19 Å². The first kappa shape index (κ1) is 15.1. The summed E-state index contributed by atoms with van der Waals surface area (Å²) in [4.78, 5) is 0.208. The molecule has 1 heterocycles. The minimum Gasteiger partial charge on any atom is -0.199 e. The first-order valence-electron chi connectivity index (χ1n) is 6.79. The number of fused-ring (bicyclic) bond motifs is 1. The Kier molecular flexibility index (Phi) is 3.50. The lowest BCUT2D eigenvalue weighted by Crippen LogP contribution is -2.14. The fourth-order valence-electron chi connectivity index (χ4n) is 2.41. The van der Waals surface area contributed by atoms with Crippen LogP contribution in [0.2, 0.25) is 5.02 Å². The topological polar surface area (TPSA) is 52.0 Å². The molecule has 0 radical (unpaired) electrons. The molecule has 0 amide bonds. The van der Waals surface area contributed by atoms with Gasteiger partial charge in [0.2, 0.25) is 0 Å². The van der Waals surface area contributed by atoms with E-state index >= 15 is 0 Å². The van der Waals surface area contributed by atoms with Crippen molar-refractivity contribution in [2.24, 2.45) is 0 Å². The van der Waals surface area contributed by atoms with Crippen LogP contribution in [0, 0.1) is 20.8 Å². The van der Waals surface area contributed by atoms with Gasteiger partial charge in [-0.3, -0.25) is 0 Å². The van der Waals surface area contributed by atoms with Crippen molar-refractivity contribution in [3.05, 3.63) is 58.2 Å². The first-order chi connectivity index (χ1) is 10.3. The van der Waals surface area contributed by atoms with E-state index in [-0.39, 0.29) is 4.90 Å². The molecule has 6 heteroatoms. The molecule has 0 saturated heterocycles. The van der Waals surface area contributed by atoms with Gasteiger partial charge in [0.25, 0.3) is 10.0 Å². The van der Waals surface area contributed by atoms with Crippen LogP contribution in [-0.2, 0) is 10.0 Å². The molecule has 0 aliphatic rings. The summed E-state index contributed by atoms with van der Waals surface area (Å²) in [6.45, 7) is 5.55. The molecule has 0 unspecified atom stereocenters. The molecule has 0 aliphatic carbocycles. The molecule has 2 aromatic carbocycles. The minimum absolute atomic E-state index is 0.208. The molecular formula is C16H15ClN2O2S. The largest absolute Gasteiger partial charge is 0.283 e. The van der Waals surface area contributed by atoms with Gasteiger partial charge in [-0.15, -0.1) is 0 Å². The second kappa shape index (κ2) is 5.11. The van der Waals surface area contributed by atoms with E-state index in [1.807, 2.05) is 13.8 Å². The molecule has 0 atom stereocenters. The van der Waals surface area contributed by atoms with E-state index in [0.717, 1.165) is 15.2 Å². The number of hydrogen-bond acceptors (Lipinski definition) is 3. The third-order valence-electron chi connectivity index (χ3n) is 3.67. The van der Waals surface area contributed by atoms with Crippen molar-refractivity contribution in [2.45, 2.75) is 25.7 Å². The maximum Gasteiger partial charge on any atom is 0.283 e. The van der Waals surface area contributed by atoms with Gasteiger partial charge in [0.1, 0.15) is 0 Å². The van der Waals surface area contributed by atoms with E-state index in [1.54, 1.807) is 43.3 Å². The zero-order chi connectivity index (χ0) is 16.1. The van der Waals surface area contributed by atoms with Crippen molar-refractivity contribution in [1.29, 1.82) is 0 Å². The summed E-state index contributed by atoms with van der Waals surface area (Å²) in [6, 6.07) is 10.2. The van der Waals surface area contributed by atoms with E-state index in [4.69, 9.17) is 11.6 Å². The van der Waals surface area contributed by atoms with Gasteiger partial charge < -0.3 is 0 Å². The summed E-state index contributed by atoms with van der Waals surface area (Å²) in [7, 11) is -3.74. The lowest BCUT2D eigenvalue weighted by molar-refractivity contribution is 0.582. The van der Waals surface area contributed by atoms with Crippen LogP contribution < -0.4 is 0 Å². The molecule has 3 rings (SSSR count). The van der Waals surface area contributed by atoms with Gasteiger partial charge in [-0.2, -0.15) is 17.6 Å². The maximum atomic E-state index is 12.8. The van der Waals surface area contributed by atoms with Crippen LogP contribution in [0.15, 0.2) is 41.3 Å². The van der Waals surface area contributed by atoms with Crippen LogP contribution in [0.5, 0.6) is 0 Å². The molecule has 4 nitrogen and oxygen atoms in total. The fourth-order valence-corrected chi connectivity index (χ4v) is 4.02. The summed E-state index contributed by atoms with van der Waals surface area (Å²) >= 11 is 6.31. The van der Waals surface area contributed by atoms with Gasteiger partial charge in [-0.25, -0.2) is 0 Å². The standard InChI is InChI=1S/C16H15ClN2O2S/c1-10-4-7-13(8-5-10)22(20,21)19-14-9-6-11(2)16(17)15(14)12(3)18-19/h4-9H,1-3H3. The van der Waals surface area contributed by atoms with Crippen LogP contribution in [0.4, 0.5) is 0 Å². The molecular weight excluding hydrogens is 320 g/mol. The number of aryl methyl sites for hydroxylation is 3. The van der Waals surface area contributed by atoms with E-state index < -0.39 is 10.0 Å². The highest BCUT2D eigenvalue weighted by Crippen LogP contribution is 2.31. The van der Waals surface area contributed by atoms with Crippen LogP contribution in [-0.4, -0.2) is 17.6 Å². The lowest BCUT2D eigenvalue weighted by Gasteiger charge is -2.07. The highest BCUT2D eigenvalue weighted by atomic mass is 35.5. The van der Waals surface area contributed by atoms with Crippen molar-refractivity contribution in [3.63, 3.8) is 0 Å². The fraction of sp³-hybridized carbons (Fsp3) is 0.188. The number of nitrogens with zero attached hydrogens (tertiary/aromatic N) is 2. The SMILES string of the molecule is Cc1ccc(S(=O)(=O)n2nc(C)c3c(Cl)c(C)ccc32)cc1. The average Bonchev–Trinajstić information content (AvgIpc) is 2.82. The van der Waals surface area contributed by atoms with Gasteiger partial charge in [-0.1, -0.05) is 35.4 Å². The maximum absolute atomic E-state index is 12.8. The van der Waals surface area contributed by atoms with Gasteiger partial charge >= 0.3 is 0 Å². The molecule has 0 saturated carbocycles. The number of rotatable bonds is 2. The van der Waals surface area contributed by atoms with E-state index in [2.05, 4.69) is 5.10 Å². The predicted molar refractivity (Wildman–Crippen MR) is 88.0 cm³/mol. The van der Waals surface area contributed by atoms with E-state index in [9.17, 15) is 8.42 Å². The Bertz CT molecular complexity index is 974. The zero-order valence-electron chi connectivity index (χ0n) is 12.5. The van der Waals surface area contributed by atoms with Crippen molar-refractivity contribution in [2.75, 3.05) is 0 Å². The Morgan fingerprint density at radius 3 is 2.27 bits per heavy atom. The van der Waals surface area contributed by atoms with Gasteiger partial charge in [0.15, 0.2) is 0 Å². The normalized spacial score (nSPS) is 12.0. The number of benzene rings is 2. The van der Waals surface area contributed by atoms with Crippen molar-refractivity contribution < 1.29 is 8.42 Å². The number of halogens is 1. The van der Waals surface area contributed by atoms with E-state index in [1.165, 1.54) is 0 Å². The van der Waals surface area contributed by atoms with Gasteiger partial charge in [0.05, 0.1) is 21.1 Å². The Morgan fingerprint density at radius 1 is 1.00 bits per heavy atom. The summed E-state index contributed by atoms with van der Waals surface area (Å²) in [6.07, 6.45) is 0. The van der Waals surface area contributed by atoms with Gasteiger partial charge in [-0.05, 0) is 44.5 Å². The third kappa shape index (κ3) is 2.21. The lowest BCUT2D eigenvalue weighted by atomic mass is 10.1. The molecule has 0 fully saturated rings. The van der Waals surface area contributed by atoms with Crippen LogP contribution >= 0.6 is 11.6 Å². The Morgan fingerprint density at radius 2 is 1.64 bits per heavy atom. The summed E-state index contributed by atoms with van der Waals surface area (Å²) in [5, 5.41) is 5.43. The van der Waals surface area contributed by atoms with Crippen LogP contribution in [0.25, 0.3) is 10.9 Å². The highest BCUT2D eigenvalue weighted by molar-refractivity contribution is 7.90. The molecule has 0 N–H and O–H groups in total. The monoisotopic (exact) mass is 334 g/mol. The predicted octanol–water partition coefficient (Wildman–Crippen LogP) is 3.85. The first-order valence-corrected chi connectivity index (χ1v) is 8.61. The molecule has 0 bridgehead atoms. The average molecular weight is 335 g/mol. The molecule has 114 valence electrons. The summed E-state index contributed by atoms with van der Waals surface area (Å²) in [5.41, 5.74) is 2.98. The molecule has 22 heavy (non-hydrogen) atoms. The van der Waals surface area contributed by atoms with Crippen molar-refractivity contribution in [3.8, 4) is 0 Å². The summed E-state index contributed by atoms with van der Waals surface area (Å²) in [5.74, 6) is 0. The minimum atomic E-state index is -3.74. The third-order valence-corrected chi connectivity index (χ3v) is 5.76. The highest BCUT2D eigenvalue weighted by Gasteiger charge is 2.23. The Balaban J connectivity index is 2.31. The second-order valence-corrected chi connectivity index (χ2v) is 7.48. The second-order valence-electron chi connectivity index (χ2n) is 5.34. The number of hydrogen-bond donors (Lipinski definition) is 0. The molecule has 1 aromatic heterocycles. The van der Waals surface area contributed by atoms with Crippen molar-refractivity contribution >= 4 is 32.5 Å². The quantitative estimate of drug-likeness (QED) is 0.715. The summed E-state index contributed by atoms with van der Waals surface area (Å²) < 4.78 is 26.7. The van der Waals surface area contributed by atoms with Gasteiger partial charge in [0, 0.05) is 5.39 Å². The zero-order valence-corrected chi connectivity index (χ0v) is 14.0. The molecule has 3 aromatic rings. The Labute approximate surface area is 134 Å². The molecule has 0 aliphatic heterocycles. The Hall–Kier alpha value is -1.85. The van der Waals surface area contributed by atoms with Crippen LogP contribution in [0.1, 0.15) is 16.8 Å². The smallest absolute Gasteiger partial charge is 0.199 e.